The summed E-state index contributed by atoms with van der Waals surface area (Å²) in [4.78, 5) is 12.2. The number of benzene rings is 2. The number of amides is 1. The van der Waals surface area contributed by atoms with Gasteiger partial charge in [-0.2, -0.15) is 0 Å². The molecule has 0 atom stereocenters. The van der Waals surface area contributed by atoms with Crippen molar-refractivity contribution in [3.05, 3.63) is 58.3 Å². The second-order valence-corrected chi connectivity index (χ2v) is 7.73. The van der Waals surface area contributed by atoms with Gasteiger partial charge in [-0.25, -0.2) is 12.8 Å². The summed E-state index contributed by atoms with van der Waals surface area (Å²) in [5, 5.41) is 3.18. The van der Waals surface area contributed by atoms with Gasteiger partial charge in [0.15, 0.2) is 0 Å². The maximum absolute atomic E-state index is 13.0. The normalized spacial score (nSPS) is 11.2. The van der Waals surface area contributed by atoms with Crippen LogP contribution in [0.1, 0.15) is 0 Å². The number of sulfonamides is 1. The van der Waals surface area contributed by atoms with Crippen LogP contribution in [-0.2, 0) is 14.8 Å². The summed E-state index contributed by atoms with van der Waals surface area (Å²) in [7, 11) is -3.74. The molecule has 24 heavy (non-hydrogen) atoms. The van der Waals surface area contributed by atoms with Gasteiger partial charge in [0.25, 0.3) is 0 Å². The van der Waals surface area contributed by atoms with Gasteiger partial charge in [-0.1, -0.05) is 23.2 Å². The maximum atomic E-state index is 13.0. The largest absolute Gasteiger partial charge is 0.324 e. The molecule has 2 aromatic rings. The first kappa shape index (κ1) is 18.5. The number of anilines is 2. The minimum atomic E-state index is -3.74. The Labute approximate surface area is 149 Å². The maximum Gasteiger partial charge on any atom is 0.245 e. The zero-order valence-electron chi connectivity index (χ0n) is 12.5. The highest BCUT2D eigenvalue weighted by atomic mass is 35.5. The molecule has 1 N–H and O–H groups in total. The number of nitrogens with zero attached hydrogens (tertiary/aromatic N) is 1. The Morgan fingerprint density at radius 3 is 2.17 bits per heavy atom. The van der Waals surface area contributed by atoms with E-state index in [0.29, 0.717) is 15.7 Å². The summed E-state index contributed by atoms with van der Waals surface area (Å²) in [5.74, 6) is -1.10. The van der Waals surface area contributed by atoms with Gasteiger partial charge in [0.05, 0.1) is 11.9 Å². The molecule has 0 bridgehead atoms. The molecule has 9 heteroatoms. The highest BCUT2D eigenvalue weighted by Gasteiger charge is 2.21. The number of nitrogens with one attached hydrogen (secondary N) is 1. The molecule has 0 aromatic heterocycles. The van der Waals surface area contributed by atoms with E-state index in [4.69, 9.17) is 23.2 Å². The third-order valence-electron chi connectivity index (χ3n) is 2.95. The van der Waals surface area contributed by atoms with Crippen LogP contribution in [-0.4, -0.2) is 27.1 Å². The Kier molecular flexibility index (Phi) is 5.69. The van der Waals surface area contributed by atoms with E-state index in [9.17, 15) is 17.6 Å². The van der Waals surface area contributed by atoms with Gasteiger partial charge in [-0.15, -0.1) is 0 Å². The van der Waals surface area contributed by atoms with Crippen LogP contribution < -0.4 is 9.62 Å². The first-order valence-electron chi connectivity index (χ1n) is 6.64. The van der Waals surface area contributed by atoms with Crippen molar-refractivity contribution in [1.29, 1.82) is 0 Å². The second kappa shape index (κ2) is 7.38. The van der Waals surface area contributed by atoms with Gasteiger partial charge in [0.2, 0.25) is 15.9 Å². The summed E-state index contributed by atoms with van der Waals surface area (Å²) < 4.78 is 37.7. The van der Waals surface area contributed by atoms with Crippen molar-refractivity contribution in [3.63, 3.8) is 0 Å². The average molecular weight is 391 g/mol. The molecule has 0 unspecified atom stereocenters. The van der Waals surface area contributed by atoms with Gasteiger partial charge in [0.1, 0.15) is 12.4 Å². The standard InChI is InChI=1S/C15H13Cl2FN2O3S/c1-24(22,23)20(14-4-2-12(18)3-5-14)9-15(21)19-13-7-10(16)6-11(17)8-13/h2-8H,9H2,1H3,(H,19,21). The molecule has 1 amide bonds. The molecule has 0 saturated heterocycles. The topological polar surface area (TPSA) is 66.5 Å². The van der Waals surface area contributed by atoms with Crippen molar-refractivity contribution >= 4 is 50.5 Å². The number of carbonyl (C=O) groups is 1. The SMILES string of the molecule is CS(=O)(=O)N(CC(=O)Nc1cc(Cl)cc(Cl)c1)c1ccc(F)cc1. The Balaban J connectivity index is 2.20. The predicted octanol–water partition coefficient (Wildman–Crippen LogP) is 3.54. The van der Waals surface area contributed by atoms with E-state index in [0.717, 1.165) is 22.7 Å². The van der Waals surface area contributed by atoms with Crippen molar-refractivity contribution in [1.82, 2.24) is 0 Å². The van der Waals surface area contributed by atoms with Crippen molar-refractivity contribution in [2.75, 3.05) is 22.4 Å². The monoisotopic (exact) mass is 390 g/mol. The van der Waals surface area contributed by atoms with E-state index < -0.39 is 28.3 Å². The predicted molar refractivity (Wildman–Crippen MR) is 93.7 cm³/mol. The number of rotatable bonds is 5. The van der Waals surface area contributed by atoms with E-state index in [1.807, 2.05) is 0 Å². The van der Waals surface area contributed by atoms with Crippen LogP contribution in [0.5, 0.6) is 0 Å². The Hall–Kier alpha value is -1.83. The third-order valence-corrected chi connectivity index (χ3v) is 4.53. The average Bonchev–Trinajstić information content (AvgIpc) is 2.43. The molecule has 0 radical (unpaired) electrons. The Morgan fingerprint density at radius 2 is 1.67 bits per heavy atom. The minimum absolute atomic E-state index is 0.179. The summed E-state index contributed by atoms with van der Waals surface area (Å²) in [5.41, 5.74) is 0.517. The zero-order valence-corrected chi connectivity index (χ0v) is 14.8. The van der Waals surface area contributed by atoms with Crippen LogP contribution in [0.4, 0.5) is 15.8 Å². The van der Waals surface area contributed by atoms with Crippen LogP contribution >= 0.6 is 23.2 Å². The van der Waals surface area contributed by atoms with E-state index >= 15 is 0 Å². The van der Waals surface area contributed by atoms with Crippen LogP contribution in [0.25, 0.3) is 0 Å². The molecular formula is C15H13Cl2FN2O3S. The van der Waals surface area contributed by atoms with Gasteiger partial charge < -0.3 is 5.32 Å². The molecule has 0 saturated carbocycles. The molecule has 128 valence electrons. The molecule has 0 aliphatic rings. The van der Waals surface area contributed by atoms with E-state index in [-0.39, 0.29) is 5.69 Å². The van der Waals surface area contributed by atoms with Gasteiger partial charge in [0, 0.05) is 15.7 Å². The Morgan fingerprint density at radius 1 is 1.12 bits per heavy atom. The lowest BCUT2D eigenvalue weighted by molar-refractivity contribution is -0.114. The third kappa shape index (κ3) is 5.09. The molecular weight excluding hydrogens is 378 g/mol. The zero-order chi connectivity index (χ0) is 17.9. The van der Waals surface area contributed by atoms with Crippen LogP contribution in [0, 0.1) is 5.82 Å². The molecule has 2 aromatic carbocycles. The number of carbonyl (C=O) groups excluding carboxylic acids is 1. The smallest absolute Gasteiger partial charge is 0.245 e. The first-order valence-corrected chi connectivity index (χ1v) is 9.25. The molecule has 2 rings (SSSR count). The van der Waals surface area contributed by atoms with E-state index in [2.05, 4.69) is 5.32 Å². The Bertz CT molecular complexity index is 837. The lowest BCUT2D eigenvalue weighted by Crippen LogP contribution is -2.37. The molecule has 0 heterocycles. The van der Waals surface area contributed by atoms with Crippen LogP contribution in [0.15, 0.2) is 42.5 Å². The molecule has 5 nitrogen and oxygen atoms in total. The molecule has 0 aliphatic carbocycles. The second-order valence-electron chi connectivity index (χ2n) is 4.95. The molecule has 0 fully saturated rings. The first-order chi connectivity index (χ1) is 11.1. The lowest BCUT2D eigenvalue weighted by Gasteiger charge is -2.21. The fourth-order valence-electron chi connectivity index (χ4n) is 1.96. The van der Waals surface area contributed by atoms with Crippen molar-refractivity contribution in [2.24, 2.45) is 0 Å². The number of hydrogen-bond acceptors (Lipinski definition) is 3. The number of hydrogen-bond donors (Lipinski definition) is 1. The summed E-state index contributed by atoms with van der Waals surface area (Å²) in [6.45, 7) is -0.478. The summed E-state index contributed by atoms with van der Waals surface area (Å²) in [6.07, 6.45) is 0.958. The van der Waals surface area contributed by atoms with Gasteiger partial charge in [-0.05, 0) is 42.5 Å². The summed E-state index contributed by atoms with van der Waals surface area (Å²) in [6, 6.07) is 9.24. The van der Waals surface area contributed by atoms with E-state index in [1.54, 1.807) is 0 Å². The van der Waals surface area contributed by atoms with Gasteiger partial charge in [-0.3, -0.25) is 9.10 Å². The summed E-state index contributed by atoms with van der Waals surface area (Å²) >= 11 is 11.7. The van der Waals surface area contributed by atoms with Crippen LogP contribution in [0.2, 0.25) is 10.0 Å². The quantitative estimate of drug-likeness (QED) is 0.848. The number of halogens is 3. The van der Waals surface area contributed by atoms with Crippen molar-refractivity contribution in [2.45, 2.75) is 0 Å². The lowest BCUT2D eigenvalue weighted by atomic mass is 10.3. The highest BCUT2D eigenvalue weighted by molar-refractivity contribution is 7.92. The fourth-order valence-corrected chi connectivity index (χ4v) is 3.35. The molecule has 0 spiro atoms. The highest BCUT2D eigenvalue weighted by Crippen LogP contribution is 2.23. The van der Waals surface area contributed by atoms with Crippen molar-refractivity contribution in [3.8, 4) is 0 Å². The molecule has 0 aliphatic heterocycles. The fraction of sp³-hybridized carbons (Fsp3) is 0.133. The minimum Gasteiger partial charge on any atom is -0.324 e. The van der Waals surface area contributed by atoms with Gasteiger partial charge >= 0.3 is 0 Å². The van der Waals surface area contributed by atoms with Crippen LogP contribution in [0.3, 0.4) is 0 Å². The van der Waals surface area contributed by atoms with E-state index in [1.165, 1.54) is 30.3 Å². The van der Waals surface area contributed by atoms with Crippen molar-refractivity contribution < 1.29 is 17.6 Å².